The van der Waals surface area contributed by atoms with Crippen molar-refractivity contribution >= 4 is 17.2 Å². The molecule has 23 heavy (non-hydrogen) atoms. The predicted molar refractivity (Wildman–Crippen MR) is 90.1 cm³/mol. The number of pyridine rings is 1. The number of nitrogens with two attached hydrogens (primary N) is 1. The summed E-state index contributed by atoms with van der Waals surface area (Å²) in [5.74, 6) is 0.787. The molecule has 0 amide bonds. The van der Waals surface area contributed by atoms with E-state index in [1.54, 1.807) is 18.6 Å². The molecule has 4 N–H and O–H groups in total. The zero-order valence-corrected chi connectivity index (χ0v) is 12.7. The summed E-state index contributed by atoms with van der Waals surface area (Å²) in [5.41, 5.74) is 9.06. The van der Waals surface area contributed by atoms with Crippen LogP contribution in [0.4, 0.5) is 11.5 Å². The van der Waals surface area contributed by atoms with Crippen molar-refractivity contribution in [3.63, 3.8) is 0 Å². The van der Waals surface area contributed by atoms with E-state index < -0.39 is 0 Å². The van der Waals surface area contributed by atoms with Gasteiger partial charge in [0, 0.05) is 24.5 Å². The number of nitrogens with one attached hydrogen (secondary N) is 2. The van der Waals surface area contributed by atoms with Gasteiger partial charge in [-0.2, -0.15) is 0 Å². The molecule has 0 aliphatic carbocycles. The minimum Gasteiger partial charge on any atom is -0.398 e. The van der Waals surface area contributed by atoms with Gasteiger partial charge in [-0.1, -0.05) is 0 Å². The summed E-state index contributed by atoms with van der Waals surface area (Å²) in [7, 11) is 0. The Morgan fingerprint density at radius 1 is 1.26 bits per heavy atom. The highest BCUT2D eigenvalue weighted by Gasteiger charge is 2.14. The molecule has 0 aromatic carbocycles. The first-order valence-corrected chi connectivity index (χ1v) is 7.82. The lowest BCUT2D eigenvalue weighted by atomic mass is 10.1. The monoisotopic (exact) mass is 309 g/mol. The number of imidazole rings is 1. The van der Waals surface area contributed by atoms with Crippen molar-refractivity contribution < 1.29 is 0 Å². The lowest BCUT2D eigenvalue weighted by Crippen LogP contribution is -2.38. The molecule has 3 aromatic heterocycles. The summed E-state index contributed by atoms with van der Waals surface area (Å²) in [4.78, 5) is 13.4. The van der Waals surface area contributed by atoms with Gasteiger partial charge in [-0.3, -0.25) is 9.38 Å². The minimum atomic E-state index is 0.395. The van der Waals surface area contributed by atoms with Gasteiger partial charge in [0.05, 0.1) is 24.3 Å². The van der Waals surface area contributed by atoms with Crippen LogP contribution in [0.15, 0.2) is 36.9 Å². The zero-order valence-electron chi connectivity index (χ0n) is 12.7. The molecule has 0 spiro atoms. The molecule has 0 saturated carbocycles. The highest BCUT2D eigenvalue weighted by molar-refractivity contribution is 5.62. The number of anilines is 2. The predicted octanol–water partition coefficient (Wildman–Crippen LogP) is 1.54. The first-order chi connectivity index (χ1) is 11.3. The Morgan fingerprint density at radius 2 is 2.22 bits per heavy atom. The molecule has 1 saturated heterocycles. The number of piperidine rings is 1. The Kier molecular flexibility index (Phi) is 3.55. The quantitative estimate of drug-likeness (QED) is 0.679. The highest BCUT2D eigenvalue weighted by Crippen LogP contribution is 2.21. The van der Waals surface area contributed by atoms with E-state index in [9.17, 15) is 0 Å². The number of fused-ring (bicyclic) bond motifs is 1. The summed E-state index contributed by atoms with van der Waals surface area (Å²) in [6, 6.07) is 4.12. The van der Waals surface area contributed by atoms with Crippen molar-refractivity contribution in [1.82, 2.24) is 24.7 Å². The lowest BCUT2D eigenvalue weighted by molar-refractivity contribution is 0.479. The third-order valence-corrected chi connectivity index (χ3v) is 4.07. The first-order valence-electron chi connectivity index (χ1n) is 7.82. The molecule has 1 atom stereocenters. The fourth-order valence-electron chi connectivity index (χ4n) is 2.93. The normalized spacial score (nSPS) is 18.2. The molecule has 0 radical (unpaired) electrons. The third-order valence-electron chi connectivity index (χ3n) is 4.07. The molecule has 1 fully saturated rings. The average Bonchev–Trinajstić information content (AvgIpc) is 2.99. The van der Waals surface area contributed by atoms with Crippen LogP contribution >= 0.6 is 0 Å². The van der Waals surface area contributed by atoms with Crippen molar-refractivity contribution in [1.29, 1.82) is 0 Å². The molecule has 118 valence electrons. The standard InChI is InChI=1S/C16H19N7/c17-11-3-4-16-20-8-14(23(16)10-11)13-7-19-9-15(22-13)21-12-2-1-5-18-6-12/h3-4,7-10,12,18H,1-2,5-6,17H2,(H,21,22)/t12-/m1/s1. The van der Waals surface area contributed by atoms with Crippen LogP contribution in [-0.2, 0) is 0 Å². The van der Waals surface area contributed by atoms with E-state index in [-0.39, 0.29) is 0 Å². The Hall–Kier alpha value is -2.67. The van der Waals surface area contributed by atoms with Crippen LogP contribution in [0.25, 0.3) is 17.0 Å². The zero-order chi connectivity index (χ0) is 15.6. The topological polar surface area (TPSA) is 93.2 Å². The van der Waals surface area contributed by atoms with Gasteiger partial charge in [-0.15, -0.1) is 0 Å². The van der Waals surface area contributed by atoms with Crippen LogP contribution in [0.3, 0.4) is 0 Å². The average molecular weight is 309 g/mol. The van der Waals surface area contributed by atoms with Gasteiger partial charge in [-0.25, -0.2) is 9.97 Å². The van der Waals surface area contributed by atoms with Crippen molar-refractivity contribution in [3.8, 4) is 11.4 Å². The van der Waals surface area contributed by atoms with Crippen LogP contribution in [0.5, 0.6) is 0 Å². The summed E-state index contributed by atoms with van der Waals surface area (Å²) >= 11 is 0. The van der Waals surface area contributed by atoms with E-state index >= 15 is 0 Å². The highest BCUT2D eigenvalue weighted by atomic mass is 15.1. The molecule has 4 heterocycles. The summed E-state index contributed by atoms with van der Waals surface area (Å²) in [5, 5.41) is 6.84. The maximum atomic E-state index is 5.88. The maximum Gasteiger partial charge on any atom is 0.145 e. The van der Waals surface area contributed by atoms with Gasteiger partial charge in [0.2, 0.25) is 0 Å². The molecule has 7 nitrogen and oxygen atoms in total. The number of aromatic nitrogens is 4. The Bertz CT molecular complexity index is 820. The molecule has 4 rings (SSSR count). The molecule has 0 unspecified atom stereocenters. The van der Waals surface area contributed by atoms with Crippen LogP contribution < -0.4 is 16.4 Å². The largest absolute Gasteiger partial charge is 0.398 e. The van der Waals surface area contributed by atoms with Crippen molar-refractivity contribution in [2.24, 2.45) is 0 Å². The lowest BCUT2D eigenvalue weighted by Gasteiger charge is -2.24. The second-order valence-corrected chi connectivity index (χ2v) is 5.81. The number of nitrogen functional groups attached to an aromatic ring is 1. The van der Waals surface area contributed by atoms with Crippen LogP contribution in [0.1, 0.15) is 12.8 Å². The molecule has 1 aliphatic heterocycles. The van der Waals surface area contributed by atoms with Crippen molar-refractivity contribution in [2.45, 2.75) is 18.9 Å². The Morgan fingerprint density at radius 3 is 3.09 bits per heavy atom. The van der Waals surface area contributed by atoms with Crippen LogP contribution in [-0.4, -0.2) is 38.5 Å². The van der Waals surface area contributed by atoms with E-state index in [0.29, 0.717) is 11.7 Å². The van der Waals surface area contributed by atoms with Crippen LogP contribution in [0, 0.1) is 0 Å². The molecule has 3 aromatic rings. The number of hydrogen-bond donors (Lipinski definition) is 3. The van der Waals surface area contributed by atoms with E-state index in [1.165, 1.54) is 6.42 Å². The minimum absolute atomic E-state index is 0.395. The second-order valence-electron chi connectivity index (χ2n) is 5.81. The van der Waals surface area contributed by atoms with E-state index in [0.717, 1.165) is 42.4 Å². The molecule has 0 bridgehead atoms. The van der Waals surface area contributed by atoms with Crippen molar-refractivity contribution in [2.75, 3.05) is 24.1 Å². The van der Waals surface area contributed by atoms with Gasteiger partial charge >= 0.3 is 0 Å². The maximum absolute atomic E-state index is 5.88. The fourth-order valence-corrected chi connectivity index (χ4v) is 2.93. The fraction of sp³-hybridized carbons (Fsp3) is 0.312. The first kappa shape index (κ1) is 14.0. The van der Waals surface area contributed by atoms with Crippen molar-refractivity contribution in [3.05, 3.63) is 36.9 Å². The number of nitrogens with zero attached hydrogens (tertiary/aromatic N) is 4. The van der Waals surface area contributed by atoms with E-state index in [1.807, 2.05) is 22.7 Å². The molecule has 1 aliphatic rings. The SMILES string of the molecule is Nc1ccc2ncc(-c3cncc(N[C@@H]4CCCNC4)n3)n2c1. The molecular formula is C16H19N7. The van der Waals surface area contributed by atoms with Gasteiger partial charge in [0.25, 0.3) is 0 Å². The second kappa shape index (κ2) is 5.85. The summed E-state index contributed by atoms with van der Waals surface area (Å²) in [6.07, 6.45) is 9.48. The number of hydrogen-bond acceptors (Lipinski definition) is 6. The molecular weight excluding hydrogens is 290 g/mol. The van der Waals surface area contributed by atoms with Gasteiger partial charge in [-0.05, 0) is 31.5 Å². The summed E-state index contributed by atoms with van der Waals surface area (Å²) < 4.78 is 1.94. The summed E-state index contributed by atoms with van der Waals surface area (Å²) in [6.45, 7) is 2.05. The van der Waals surface area contributed by atoms with E-state index in [4.69, 9.17) is 5.73 Å². The van der Waals surface area contributed by atoms with E-state index in [2.05, 4.69) is 25.6 Å². The van der Waals surface area contributed by atoms with Gasteiger partial charge in [0.1, 0.15) is 17.2 Å². The smallest absolute Gasteiger partial charge is 0.145 e. The van der Waals surface area contributed by atoms with Gasteiger partial charge < -0.3 is 16.4 Å². The Labute approximate surface area is 134 Å². The van der Waals surface area contributed by atoms with Crippen LogP contribution in [0.2, 0.25) is 0 Å². The number of rotatable bonds is 3. The molecule has 7 heteroatoms. The Balaban J connectivity index is 1.65. The third kappa shape index (κ3) is 2.83. The van der Waals surface area contributed by atoms with Gasteiger partial charge in [0.15, 0.2) is 0 Å².